The van der Waals surface area contributed by atoms with E-state index in [1.165, 1.54) is 34.8 Å². The molecule has 4 nitrogen and oxygen atoms in total. The summed E-state index contributed by atoms with van der Waals surface area (Å²) < 4.78 is 39.6. The molecular formula is C12H12BrFN2O2S2. The van der Waals surface area contributed by atoms with Gasteiger partial charge in [0, 0.05) is 18.5 Å². The topological polar surface area (TPSA) is 50.3 Å². The van der Waals surface area contributed by atoms with E-state index in [0.29, 0.717) is 0 Å². The molecule has 0 amide bonds. The number of aryl methyl sites for hydroxylation is 1. The van der Waals surface area contributed by atoms with Gasteiger partial charge >= 0.3 is 0 Å². The van der Waals surface area contributed by atoms with Crippen LogP contribution in [0.15, 0.2) is 33.1 Å². The second kappa shape index (κ2) is 5.88. The molecule has 1 aromatic heterocycles. The van der Waals surface area contributed by atoms with Crippen LogP contribution in [0, 0.1) is 12.7 Å². The lowest BCUT2D eigenvalue weighted by Crippen LogP contribution is -2.26. The molecule has 0 aliphatic heterocycles. The van der Waals surface area contributed by atoms with Gasteiger partial charge in [0.2, 0.25) is 10.0 Å². The Kier molecular flexibility index (Phi) is 4.58. The van der Waals surface area contributed by atoms with Crippen LogP contribution in [0.5, 0.6) is 0 Å². The van der Waals surface area contributed by atoms with Crippen LogP contribution in [-0.4, -0.2) is 24.8 Å². The monoisotopic (exact) mass is 378 g/mol. The molecule has 8 heteroatoms. The summed E-state index contributed by atoms with van der Waals surface area (Å²) in [5.74, 6) is -0.603. The first kappa shape index (κ1) is 15.6. The molecule has 0 radical (unpaired) electrons. The largest absolute Gasteiger partial charge is 0.250 e. The predicted molar refractivity (Wildman–Crippen MR) is 79.6 cm³/mol. The van der Waals surface area contributed by atoms with Gasteiger partial charge in [0.15, 0.2) is 0 Å². The zero-order valence-corrected chi connectivity index (χ0v) is 14.0. The molecule has 108 valence electrons. The lowest BCUT2D eigenvalue weighted by molar-refractivity contribution is 0.467. The summed E-state index contributed by atoms with van der Waals surface area (Å²) in [5, 5.41) is 0. The fraction of sp³-hybridized carbons (Fsp3) is 0.250. The number of nitrogens with zero attached hydrogens (tertiary/aromatic N) is 2. The van der Waals surface area contributed by atoms with Crippen LogP contribution < -0.4 is 0 Å². The average molecular weight is 379 g/mol. The van der Waals surface area contributed by atoms with E-state index < -0.39 is 15.8 Å². The number of rotatable bonds is 4. The van der Waals surface area contributed by atoms with Crippen molar-refractivity contribution >= 4 is 37.3 Å². The quantitative estimate of drug-likeness (QED) is 0.820. The Morgan fingerprint density at radius 1 is 1.45 bits per heavy atom. The Bertz CT molecular complexity index is 731. The number of hydrogen-bond acceptors (Lipinski definition) is 4. The fourth-order valence-corrected chi connectivity index (χ4v) is 3.89. The third kappa shape index (κ3) is 3.08. The highest BCUT2D eigenvalue weighted by molar-refractivity contribution is 9.10. The highest BCUT2D eigenvalue weighted by Gasteiger charge is 2.23. The first-order valence-electron chi connectivity index (χ1n) is 5.62. The Hall–Kier alpha value is -0.830. The molecule has 0 unspecified atom stereocenters. The molecule has 2 aromatic rings. The van der Waals surface area contributed by atoms with Gasteiger partial charge in [-0.15, -0.1) is 11.3 Å². The standard InChI is InChI=1S/C12H12BrFN2O2S2/c1-8-12(19-7-15-8)6-16(2)20(17,18)9-3-4-10(13)11(14)5-9/h3-5,7H,6H2,1-2H3. The lowest BCUT2D eigenvalue weighted by atomic mass is 10.3. The third-order valence-electron chi connectivity index (χ3n) is 2.81. The summed E-state index contributed by atoms with van der Waals surface area (Å²) in [6.07, 6.45) is 0. The van der Waals surface area contributed by atoms with Gasteiger partial charge in [-0.05, 0) is 41.1 Å². The summed E-state index contributed by atoms with van der Waals surface area (Å²) in [5.41, 5.74) is 2.48. The highest BCUT2D eigenvalue weighted by atomic mass is 79.9. The van der Waals surface area contributed by atoms with Crippen molar-refractivity contribution in [3.63, 3.8) is 0 Å². The van der Waals surface area contributed by atoms with E-state index in [4.69, 9.17) is 0 Å². The van der Waals surface area contributed by atoms with E-state index in [9.17, 15) is 12.8 Å². The second-order valence-corrected chi connectivity index (χ2v) is 8.04. The van der Waals surface area contributed by atoms with Crippen molar-refractivity contribution in [1.29, 1.82) is 0 Å². The molecule has 0 saturated heterocycles. The van der Waals surface area contributed by atoms with E-state index in [-0.39, 0.29) is 15.9 Å². The van der Waals surface area contributed by atoms with Gasteiger partial charge in [-0.25, -0.2) is 17.8 Å². The number of hydrogen-bond donors (Lipinski definition) is 0. The van der Waals surface area contributed by atoms with Gasteiger partial charge in [-0.2, -0.15) is 4.31 Å². The maximum atomic E-state index is 13.5. The summed E-state index contributed by atoms with van der Waals surface area (Å²) >= 11 is 4.40. The Balaban J connectivity index is 2.29. The SMILES string of the molecule is Cc1ncsc1CN(C)S(=O)(=O)c1ccc(Br)c(F)c1. The maximum absolute atomic E-state index is 13.5. The van der Waals surface area contributed by atoms with Crippen molar-refractivity contribution in [1.82, 2.24) is 9.29 Å². The van der Waals surface area contributed by atoms with Gasteiger partial charge in [0.1, 0.15) is 5.82 Å². The number of benzene rings is 1. The molecule has 0 aliphatic rings. The summed E-state index contributed by atoms with van der Waals surface area (Å²) in [6.45, 7) is 2.04. The van der Waals surface area contributed by atoms with Crippen LogP contribution >= 0.6 is 27.3 Å². The molecule has 0 fully saturated rings. The number of aromatic nitrogens is 1. The van der Waals surface area contributed by atoms with Crippen molar-refractivity contribution in [3.8, 4) is 0 Å². The Morgan fingerprint density at radius 2 is 2.15 bits per heavy atom. The minimum absolute atomic E-state index is 0.0668. The summed E-state index contributed by atoms with van der Waals surface area (Å²) in [7, 11) is -2.25. The average Bonchev–Trinajstić information content (AvgIpc) is 2.78. The van der Waals surface area contributed by atoms with Gasteiger partial charge in [0.25, 0.3) is 0 Å². The van der Waals surface area contributed by atoms with Crippen molar-refractivity contribution in [2.75, 3.05) is 7.05 Å². The van der Waals surface area contributed by atoms with E-state index in [1.807, 2.05) is 6.92 Å². The molecule has 0 atom stereocenters. The van der Waals surface area contributed by atoms with E-state index in [1.54, 1.807) is 5.51 Å². The fourth-order valence-electron chi connectivity index (χ4n) is 1.58. The molecule has 1 heterocycles. The number of halogens is 2. The minimum Gasteiger partial charge on any atom is -0.250 e. The zero-order chi connectivity index (χ0) is 14.9. The molecule has 1 aromatic carbocycles. The Morgan fingerprint density at radius 3 is 2.70 bits per heavy atom. The Labute approximate surface area is 129 Å². The lowest BCUT2D eigenvalue weighted by Gasteiger charge is -2.16. The van der Waals surface area contributed by atoms with E-state index >= 15 is 0 Å². The zero-order valence-electron chi connectivity index (χ0n) is 10.8. The van der Waals surface area contributed by atoms with Crippen LogP contribution in [0.4, 0.5) is 4.39 Å². The summed E-state index contributed by atoms with van der Waals surface area (Å²) in [6, 6.07) is 3.77. The van der Waals surface area contributed by atoms with Gasteiger partial charge in [-0.1, -0.05) is 0 Å². The van der Waals surface area contributed by atoms with Gasteiger partial charge < -0.3 is 0 Å². The molecule has 0 saturated carbocycles. The highest BCUT2D eigenvalue weighted by Crippen LogP contribution is 2.23. The van der Waals surface area contributed by atoms with Crippen LogP contribution in [0.3, 0.4) is 0 Å². The van der Waals surface area contributed by atoms with Crippen LogP contribution in [-0.2, 0) is 16.6 Å². The van der Waals surface area contributed by atoms with Crippen molar-refractivity contribution < 1.29 is 12.8 Å². The van der Waals surface area contributed by atoms with E-state index in [0.717, 1.165) is 16.6 Å². The maximum Gasteiger partial charge on any atom is 0.243 e. The van der Waals surface area contributed by atoms with Crippen LogP contribution in [0.1, 0.15) is 10.6 Å². The molecule has 0 bridgehead atoms. The normalized spacial score (nSPS) is 12.1. The van der Waals surface area contributed by atoms with Crippen molar-refractivity contribution in [3.05, 3.63) is 44.6 Å². The number of thiazole rings is 1. The second-order valence-electron chi connectivity index (χ2n) is 4.20. The molecule has 0 aliphatic carbocycles. The van der Waals surface area contributed by atoms with Gasteiger partial charge in [0.05, 0.1) is 20.6 Å². The number of sulfonamides is 1. The first-order chi connectivity index (χ1) is 9.32. The molecule has 0 spiro atoms. The van der Waals surface area contributed by atoms with Crippen molar-refractivity contribution in [2.45, 2.75) is 18.4 Å². The van der Waals surface area contributed by atoms with Crippen molar-refractivity contribution in [2.24, 2.45) is 0 Å². The third-order valence-corrected chi connectivity index (χ3v) is 6.17. The van der Waals surface area contributed by atoms with Crippen LogP contribution in [0.2, 0.25) is 0 Å². The first-order valence-corrected chi connectivity index (χ1v) is 8.74. The van der Waals surface area contributed by atoms with Crippen LogP contribution in [0.25, 0.3) is 0 Å². The minimum atomic E-state index is -3.72. The molecule has 0 N–H and O–H groups in total. The molecule has 20 heavy (non-hydrogen) atoms. The molecule has 2 rings (SSSR count). The molecular weight excluding hydrogens is 367 g/mol. The predicted octanol–water partition coefficient (Wildman–Crippen LogP) is 3.17. The smallest absolute Gasteiger partial charge is 0.243 e. The summed E-state index contributed by atoms with van der Waals surface area (Å²) in [4.78, 5) is 4.88. The van der Waals surface area contributed by atoms with E-state index in [2.05, 4.69) is 20.9 Å². The van der Waals surface area contributed by atoms with Gasteiger partial charge in [-0.3, -0.25) is 0 Å².